The van der Waals surface area contributed by atoms with E-state index in [1.54, 1.807) is 23.6 Å². The van der Waals surface area contributed by atoms with Gasteiger partial charge in [0.15, 0.2) is 0 Å². The summed E-state index contributed by atoms with van der Waals surface area (Å²) >= 11 is 1.30. The number of benzene rings is 1. The number of nitrogens with zero attached hydrogens (tertiary/aromatic N) is 2. The average Bonchev–Trinajstić information content (AvgIpc) is 3.04. The topological polar surface area (TPSA) is 59.2 Å². The summed E-state index contributed by atoms with van der Waals surface area (Å²) in [7, 11) is 0. The van der Waals surface area contributed by atoms with Gasteiger partial charge in [-0.3, -0.25) is 4.79 Å². The number of carbonyl (C=O) groups is 1. The summed E-state index contributed by atoms with van der Waals surface area (Å²) in [6.45, 7) is 3.43. The Hall–Kier alpha value is -1.21. The lowest BCUT2D eigenvalue weighted by molar-refractivity contribution is 0.0676. The molecule has 1 aliphatic heterocycles. The summed E-state index contributed by atoms with van der Waals surface area (Å²) in [6, 6.07) is 6.65. The van der Waals surface area contributed by atoms with Gasteiger partial charge < -0.3 is 10.6 Å². The number of piperidine rings is 1. The quantitative estimate of drug-likeness (QED) is 0.839. The molecule has 1 amide bonds. The van der Waals surface area contributed by atoms with Gasteiger partial charge in [-0.1, -0.05) is 12.1 Å². The zero-order valence-electron chi connectivity index (χ0n) is 13.9. The Labute approximate surface area is 163 Å². The first-order valence-electron chi connectivity index (χ1n) is 7.81. The van der Waals surface area contributed by atoms with Crippen molar-refractivity contribution in [1.82, 2.24) is 9.88 Å². The number of likely N-dealkylation sites (tertiary alicyclic amines) is 1. The molecule has 2 heterocycles. The standard InChI is InChI=1S/C17H20FN3OS.2ClH/c1-11(19)12-6-8-21(9-7-12)17(22)15-10-23-16(20-15)13-4-2-3-5-14(13)18;;/h2-5,10-12H,6-9,19H2,1H3;2*1H. The fraction of sp³-hybridized carbons (Fsp3) is 0.412. The molecular weight excluding hydrogens is 384 g/mol. The van der Waals surface area contributed by atoms with Crippen LogP contribution >= 0.6 is 36.2 Å². The van der Waals surface area contributed by atoms with Gasteiger partial charge in [0, 0.05) is 30.1 Å². The van der Waals surface area contributed by atoms with Gasteiger partial charge in [0.25, 0.3) is 5.91 Å². The molecule has 0 spiro atoms. The summed E-state index contributed by atoms with van der Waals surface area (Å²) in [5.74, 6) is 0.0778. The van der Waals surface area contributed by atoms with Crippen LogP contribution in [-0.2, 0) is 0 Å². The number of carbonyl (C=O) groups excluding carboxylic acids is 1. The van der Waals surface area contributed by atoms with Crippen molar-refractivity contribution in [3.63, 3.8) is 0 Å². The van der Waals surface area contributed by atoms with E-state index in [2.05, 4.69) is 4.98 Å². The van der Waals surface area contributed by atoms with E-state index in [1.807, 2.05) is 11.8 Å². The molecule has 1 saturated heterocycles. The minimum atomic E-state index is -0.321. The van der Waals surface area contributed by atoms with Crippen LogP contribution in [0.5, 0.6) is 0 Å². The molecule has 1 aromatic heterocycles. The second-order valence-corrected chi connectivity index (χ2v) is 6.86. The summed E-state index contributed by atoms with van der Waals surface area (Å²) in [5, 5.41) is 2.25. The van der Waals surface area contributed by atoms with E-state index in [0.29, 0.717) is 35.3 Å². The van der Waals surface area contributed by atoms with Crippen LogP contribution in [-0.4, -0.2) is 34.9 Å². The predicted octanol–water partition coefficient (Wildman–Crippen LogP) is 3.99. The van der Waals surface area contributed by atoms with Crippen molar-refractivity contribution in [3.8, 4) is 10.6 Å². The molecule has 1 fully saturated rings. The van der Waals surface area contributed by atoms with E-state index in [-0.39, 0.29) is 42.6 Å². The average molecular weight is 406 g/mol. The van der Waals surface area contributed by atoms with Gasteiger partial charge in [-0.05, 0) is 37.8 Å². The van der Waals surface area contributed by atoms with Crippen LogP contribution < -0.4 is 5.73 Å². The molecule has 138 valence electrons. The van der Waals surface area contributed by atoms with E-state index >= 15 is 0 Å². The third-order valence-electron chi connectivity index (χ3n) is 4.40. The van der Waals surface area contributed by atoms with Gasteiger partial charge in [0.2, 0.25) is 0 Å². The van der Waals surface area contributed by atoms with Crippen LogP contribution in [0.1, 0.15) is 30.3 Å². The zero-order valence-corrected chi connectivity index (χ0v) is 16.3. The Balaban J connectivity index is 0.00000156. The van der Waals surface area contributed by atoms with Crippen molar-refractivity contribution in [3.05, 3.63) is 41.2 Å². The zero-order chi connectivity index (χ0) is 16.4. The van der Waals surface area contributed by atoms with Crippen LogP contribution in [0.3, 0.4) is 0 Å². The number of thiazole rings is 1. The van der Waals surface area contributed by atoms with Crippen molar-refractivity contribution in [2.24, 2.45) is 11.7 Å². The molecule has 3 rings (SSSR count). The number of aromatic nitrogens is 1. The van der Waals surface area contributed by atoms with Crippen molar-refractivity contribution in [1.29, 1.82) is 0 Å². The van der Waals surface area contributed by atoms with E-state index in [1.165, 1.54) is 17.4 Å². The molecule has 1 aromatic carbocycles. The minimum Gasteiger partial charge on any atom is -0.337 e. The third kappa shape index (κ3) is 4.91. The molecule has 1 aliphatic rings. The monoisotopic (exact) mass is 405 g/mol. The second kappa shape index (κ2) is 9.48. The van der Waals surface area contributed by atoms with Crippen molar-refractivity contribution >= 4 is 42.1 Å². The number of hydrogen-bond donors (Lipinski definition) is 1. The Morgan fingerprint density at radius 1 is 1.32 bits per heavy atom. The molecule has 2 aromatic rings. The molecule has 0 aliphatic carbocycles. The number of nitrogens with two attached hydrogens (primary N) is 1. The first-order valence-corrected chi connectivity index (χ1v) is 8.69. The summed E-state index contributed by atoms with van der Waals surface area (Å²) < 4.78 is 13.8. The maximum atomic E-state index is 13.8. The van der Waals surface area contributed by atoms with Crippen LogP contribution in [0.4, 0.5) is 4.39 Å². The van der Waals surface area contributed by atoms with Gasteiger partial charge >= 0.3 is 0 Å². The van der Waals surface area contributed by atoms with E-state index in [9.17, 15) is 9.18 Å². The van der Waals surface area contributed by atoms with E-state index in [4.69, 9.17) is 5.73 Å². The van der Waals surface area contributed by atoms with Crippen molar-refractivity contribution < 1.29 is 9.18 Å². The lowest BCUT2D eigenvalue weighted by atomic mass is 9.91. The molecule has 0 saturated carbocycles. The second-order valence-electron chi connectivity index (χ2n) is 6.01. The van der Waals surface area contributed by atoms with Crippen LogP contribution in [0.15, 0.2) is 29.6 Å². The van der Waals surface area contributed by atoms with Gasteiger partial charge in [-0.25, -0.2) is 9.37 Å². The molecule has 1 unspecified atom stereocenters. The summed E-state index contributed by atoms with van der Waals surface area (Å²) in [4.78, 5) is 18.7. The molecule has 1 atom stereocenters. The largest absolute Gasteiger partial charge is 0.337 e. The highest BCUT2D eigenvalue weighted by Gasteiger charge is 2.26. The summed E-state index contributed by atoms with van der Waals surface area (Å²) in [5.41, 5.74) is 6.77. The van der Waals surface area contributed by atoms with E-state index < -0.39 is 0 Å². The molecule has 8 heteroatoms. The highest BCUT2D eigenvalue weighted by atomic mass is 35.5. The summed E-state index contributed by atoms with van der Waals surface area (Å²) in [6.07, 6.45) is 1.85. The number of rotatable bonds is 3. The highest BCUT2D eigenvalue weighted by Crippen LogP contribution is 2.27. The van der Waals surface area contributed by atoms with Crippen molar-refractivity contribution in [2.45, 2.75) is 25.8 Å². The predicted molar refractivity (Wildman–Crippen MR) is 104 cm³/mol. The Bertz CT molecular complexity index is 703. The normalized spacial score (nSPS) is 15.9. The SMILES string of the molecule is CC(N)C1CCN(C(=O)c2csc(-c3ccccc3F)n2)CC1.Cl.Cl. The van der Waals surface area contributed by atoms with Crippen LogP contribution in [0, 0.1) is 11.7 Å². The van der Waals surface area contributed by atoms with Gasteiger partial charge in [-0.15, -0.1) is 36.2 Å². The first kappa shape index (κ1) is 21.8. The van der Waals surface area contributed by atoms with Crippen molar-refractivity contribution in [2.75, 3.05) is 13.1 Å². The number of amides is 1. The smallest absolute Gasteiger partial charge is 0.273 e. The van der Waals surface area contributed by atoms with Gasteiger partial charge in [0.1, 0.15) is 16.5 Å². The Kier molecular flexibility index (Phi) is 8.28. The third-order valence-corrected chi connectivity index (χ3v) is 5.27. The molecular formula is C17H22Cl2FN3OS. The Morgan fingerprint density at radius 3 is 2.56 bits per heavy atom. The fourth-order valence-electron chi connectivity index (χ4n) is 2.92. The number of halogens is 3. The van der Waals surface area contributed by atoms with Gasteiger partial charge in [-0.2, -0.15) is 0 Å². The highest BCUT2D eigenvalue weighted by molar-refractivity contribution is 7.13. The molecule has 0 radical (unpaired) electrons. The lowest BCUT2D eigenvalue weighted by Gasteiger charge is -2.33. The van der Waals surface area contributed by atoms with Crippen LogP contribution in [0.25, 0.3) is 10.6 Å². The fourth-order valence-corrected chi connectivity index (χ4v) is 3.74. The van der Waals surface area contributed by atoms with Crippen LogP contribution in [0.2, 0.25) is 0 Å². The molecule has 4 nitrogen and oxygen atoms in total. The minimum absolute atomic E-state index is 0. The maximum Gasteiger partial charge on any atom is 0.273 e. The number of hydrogen-bond acceptors (Lipinski definition) is 4. The molecule has 0 bridgehead atoms. The Morgan fingerprint density at radius 2 is 1.96 bits per heavy atom. The first-order chi connectivity index (χ1) is 11.1. The maximum absolute atomic E-state index is 13.8. The molecule has 2 N–H and O–H groups in total. The van der Waals surface area contributed by atoms with Gasteiger partial charge in [0.05, 0.1) is 0 Å². The molecule has 25 heavy (non-hydrogen) atoms. The lowest BCUT2D eigenvalue weighted by Crippen LogP contribution is -2.42. The van der Waals surface area contributed by atoms with E-state index in [0.717, 1.165) is 12.8 Å².